The lowest BCUT2D eigenvalue weighted by Gasteiger charge is -2.33. The van der Waals surface area contributed by atoms with Crippen molar-refractivity contribution in [1.82, 2.24) is 9.21 Å². The van der Waals surface area contributed by atoms with Gasteiger partial charge < -0.3 is 9.64 Å². The molecule has 7 nitrogen and oxygen atoms in total. The molecule has 2 aliphatic rings. The third-order valence-corrected chi connectivity index (χ3v) is 8.86. The Morgan fingerprint density at radius 1 is 1.03 bits per heavy atom. The number of piperazine rings is 1. The van der Waals surface area contributed by atoms with Gasteiger partial charge in [0.05, 0.1) is 10.5 Å². The van der Waals surface area contributed by atoms with Gasteiger partial charge in [0.15, 0.2) is 6.61 Å². The molecule has 31 heavy (non-hydrogen) atoms. The number of esters is 1. The summed E-state index contributed by atoms with van der Waals surface area (Å²) in [5.41, 5.74) is 2.65. The normalized spacial score (nSPS) is 17.3. The number of carbonyl (C=O) groups excluding carboxylic acids is 2. The molecule has 1 saturated heterocycles. The van der Waals surface area contributed by atoms with E-state index in [0.717, 1.165) is 36.8 Å². The Balaban J connectivity index is 1.30. The summed E-state index contributed by atoms with van der Waals surface area (Å²) >= 11 is 1.59. The van der Waals surface area contributed by atoms with Crippen LogP contribution in [0.15, 0.2) is 34.5 Å². The standard InChI is InChI=1S/C22H26N2O5S2/c1-16-6-8-17(9-7-16)31(27,28)24-12-10-23(11-13-24)21(25)14-29-22(26)19-15-30-20-5-3-2-4-18(19)20/h6-9,15H,2-5,10-14H2,1H3. The van der Waals surface area contributed by atoms with Crippen LogP contribution >= 0.6 is 11.3 Å². The van der Waals surface area contributed by atoms with Gasteiger partial charge in [0.1, 0.15) is 0 Å². The molecule has 9 heteroatoms. The molecule has 1 amide bonds. The average Bonchev–Trinajstić information content (AvgIpc) is 3.22. The Morgan fingerprint density at radius 3 is 2.42 bits per heavy atom. The first-order valence-electron chi connectivity index (χ1n) is 10.5. The van der Waals surface area contributed by atoms with Crippen LogP contribution in [0.2, 0.25) is 0 Å². The molecule has 0 spiro atoms. The van der Waals surface area contributed by atoms with Gasteiger partial charge >= 0.3 is 5.97 Å². The smallest absolute Gasteiger partial charge is 0.339 e. The summed E-state index contributed by atoms with van der Waals surface area (Å²) in [5.74, 6) is -0.752. The zero-order valence-electron chi connectivity index (χ0n) is 17.5. The summed E-state index contributed by atoms with van der Waals surface area (Å²) in [7, 11) is -3.58. The van der Waals surface area contributed by atoms with Crippen molar-refractivity contribution in [2.45, 2.75) is 37.5 Å². The van der Waals surface area contributed by atoms with Crippen LogP contribution in [0.25, 0.3) is 0 Å². The van der Waals surface area contributed by atoms with Gasteiger partial charge in [-0.15, -0.1) is 11.3 Å². The van der Waals surface area contributed by atoms with Crippen molar-refractivity contribution >= 4 is 33.2 Å². The summed E-state index contributed by atoms with van der Waals surface area (Å²) in [4.78, 5) is 28.0. The number of hydrogen-bond donors (Lipinski definition) is 0. The van der Waals surface area contributed by atoms with E-state index in [4.69, 9.17) is 4.74 Å². The first-order valence-corrected chi connectivity index (χ1v) is 12.8. The minimum Gasteiger partial charge on any atom is -0.452 e. The molecule has 0 radical (unpaired) electrons. The highest BCUT2D eigenvalue weighted by Gasteiger charge is 2.30. The van der Waals surface area contributed by atoms with Gasteiger partial charge in [-0.05, 0) is 50.3 Å². The second kappa shape index (κ2) is 9.10. The number of ether oxygens (including phenoxy) is 1. The van der Waals surface area contributed by atoms with Crippen molar-refractivity contribution in [3.8, 4) is 0 Å². The van der Waals surface area contributed by atoms with Crippen molar-refractivity contribution in [1.29, 1.82) is 0 Å². The quantitative estimate of drug-likeness (QED) is 0.638. The Kier molecular flexibility index (Phi) is 6.45. The number of fused-ring (bicyclic) bond motifs is 1. The maximum absolute atomic E-state index is 12.8. The number of nitrogens with zero attached hydrogens (tertiary/aromatic N) is 2. The summed E-state index contributed by atoms with van der Waals surface area (Å²) in [6.45, 7) is 2.56. The molecule has 0 N–H and O–H groups in total. The van der Waals surface area contributed by atoms with Gasteiger partial charge in [0.25, 0.3) is 5.91 Å². The molecule has 0 bridgehead atoms. The molecule has 1 aromatic heterocycles. The van der Waals surface area contributed by atoms with Crippen LogP contribution in [0.3, 0.4) is 0 Å². The highest BCUT2D eigenvalue weighted by Crippen LogP contribution is 2.30. The molecule has 0 saturated carbocycles. The average molecular weight is 463 g/mol. The monoisotopic (exact) mass is 462 g/mol. The Hall–Kier alpha value is -2.23. The van der Waals surface area contributed by atoms with Crippen LogP contribution < -0.4 is 0 Å². The fourth-order valence-electron chi connectivity index (χ4n) is 4.00. The van der Waals surface area contributed by atoms with Crippen LogP contribution in [0.5, 0.6) is 0 Å². The molecule has 1 fully saturated rings. The zero-order chi connectivity index (χ0) is 22.0. The maximum atomic E-state index is 12.8. The van der Waals surface area contributed by atoms with Crippen LogP contribution in [0.4, 0.5) is 0 Å². The summed E-state index contributed by atoms with van der Waals surface area (Å²) < 4.78 is 32.3. The summed E-state index contributed by atoms with van der Waals surface area (Å²) in [5, 5.41) is 1.83. The lowest BCUT2D eigenvalue weighted by Crippen LogP contribution is -2.51. The number of amides is 1. The lowest BCUT2D eigenvalue weighted by atomic mass is 9.96. The minimum atomic E-state index is -3.58. The number of carbonyl (C=O) groups is 2. The molecule has 1 aliphatic carbocycles. The number of thiophene rings is 1. The molecular formula is C22H26N2O5S2. The number of aryl methyl sites for hydroxylation is 2. The first-order chi connectivity index (χ1) is 14.9. The van der Waals surface area contributed by atoms with E-state index in [1.165, 1.54) is 9.18 Å². The lowest BCUT2D eigenvalue weighted by molar-refractivity contribution is -0.135. The minimum absolute atomic E-state index is 0.216. The molecule has 2 heterocycles. The fourth-order valence-corrected chi connectivity index (χ4v) is 6.54. The topological polar surface area (TPSA) is 84.0 Å². The molecular weight excluding hydrogens is 436 g/mol. The predicted molar refractivity (Wildman–Crippen MR) is 118 cm³/mol. The van der Waals surface area contributed by atoms with Gasteiger partial charge in [-0.25, -0.2) is 13.2 Å². The molecule has 1 aromatic carbocycles. The van der Waals surface area contributed by atoms with Crippen LogP contribution in [0.1, 0.15) is 39.2 Å². The Labute approximate surface area is 186 Å². The molecule has 1 aliphatic heterocycles. The van der Waals surface area contributed by atoms with Gasteiger partial charge in [0.2, 0.25) is 10.0 Å². The molecule has 2 aromatic rings. The summed E-state index contributed by atoms with van der Waals surface area (Å²) in [6, 6.07) is 6.74. The van der Waals surface area contributed by atoms with E-state index in [9.17, 15) is 18.0 Å². The highest BCUT2D eigenvalue weighted by atomic mass is 32.2. The molecule has 0 atom stereocenters. The van der Waals surface area contributed by atoms with E-state index >= 15 is 0 Å². The second-order valence-corrected chi connectivity index (χ2v) is 10.8. The van der Waals surface area contributed by atoms with E-state index in [1.807, 2.05) is 12.3 Å². The first kappa shape index (κ1) is 22.0. The summed E-state index contributed by atoms with van der Waals surface area (Å²) in [6.07, 6.45) is 4.10. The van der Waals surface area contributed by atoms with Gasteiger partial charge in [-0.2, -0.15) is 4.31 Å². The zero-order valence-corrected chi connectivity index (χ0v) is 19.1. The predicted octanol–water partition coefficient (Wildman–Crippen LogP) is 2.63. The number of benzene rings is 1. The Bertz CT molecular complexity index is 1070. The third kappa shape index (κ3) is 4.68. The highest BCUT2D eigenvalue weighted by molar-refractivity contribution is 7.89. The Morgan fingerprint density at radius 2 is 1.71 bits per heavy atom. The second-order valence-electron chi connectivity index (χ2n) is 7.93. The van der Waals surface area contributed by atoms with Crippen molar-refractivity contribution in [2.24, 2.45) is 0 Å². The van der Waals surface area contributed by atoms with E-state index in [2.05, 4.69) is 0 Å². The van der Waals surface area contributed by atoms with Crippen LogP contribution in [-0.2, 0) is 32.4 Å². The maximum Gasteiger partial charge on any atom is 0.339 e. The number of rotatable bonds is 5. The van der Waals surface area contributed by atoms with E-state index < -0.39 is 16.0 Å². The van der Waals surface area contributed by atoms with Crippen molar-refractivity contribution in [3.63, 3.8) is 0 Å². The third-order valence-electron chi connectivity index (χ3n) is 5.86. The van der Waals surface area contributed by atoms with E-state index in [1.54, 1.807) is 40.5 Å². The fraction of sp³-hybridized carbons (Fsp3) is 0.455. The number of sulfonamides is 1. The van der Waals surface area contributed by atoms with Gasteiger partial charge in [-0.1, -0.05) is 17.7 Å². The number of hydrogen-bond acceptors (Lipinski definition) is 6. The van der Waals surface area contributed by atoms with Crippen LogP contribution in [0, 0.1) is 6.92 Å². The molecule has 4 rings (SSSR count). The largest absolute Gasteiger partial charge is 0.452 e. The molecule has 0 unspecified atom stereocenters. The SMILES string of the molecule is Cc1ccc(S(=O)(=O)N2CCN(C(=O)COC(=O)c3csc4c3CCCC4)CC2)cc1. The van der Waals surface area contributed by atoms with Gasteiger partial charge in [-0.3, -0.25) is 4.79 Å². The van der Waals surface area contributed by atoms with Crippen molar-refractivity contribution in [2.75, 3.05) is 32.8 Å². The van der Waals surface area contributed by atoms with Crippen molar-refractivity contribution in [3.05, 3.63) is 51.2 Å². The van der Waals surface area contributed by atoms with E-state index in [-0.39, 0.29) is 43.6 Å². The van der Waals surface area contributed by atoms with Gasteiger partial charge in [0, 0.05) is 36.4 Å². The van der Waals surface area contributed by atoms with E-state index in [0.29, 0.717) is 5.56 Å². The van der Waals surface area contributed by atoms with Crippen LogP contribution in [-0.4, -0.2) is 62.3 Å². The van der Waals surface area contributed by atoms with Crippen molar-refractivity contribution < 1.29 is 22.7 Å². The molecule has 166 valence electrons.